The van der Waals surface area contributed by atoms with Crippen molar-refractivity contribution >= 4 is 12.4 Å². The van der Waals surface area contributed by atoms with Gasteiger partial charge in [-0.1, -0.05) is 19.1 Å². The molecule has 0 bridgehead atoms. The lowest BCUT2D eigenvalue weighted by molar-refractivity contribution is -0.0228. The number of hydrogen-bond acceptors (Lipinski definition) is 2. The molecule has 1 aromatic carbocycles. The molecule has 1 aliphatic rings. The van der Waals surface area contributed by atoms with Crippen molar-refractivity contribution in [2.45, 2.75) is 19.6 Å². The second kappa shape index (κ2) is 6.18. The van der Waals surface area contributed by atoms with E-state index >= 15 is 0 Å². The number of nitrogens with one attached hydrogen (secondary N) is 1. The van der Waals surface area contributed by atoms with Crippen LogP contribution in [-0.2, 0) is 11.2 Å². The number of halogens is 2. The van der Waals surface area contributed by atoms with Gasteiger partial charge in [-0.3, -0.25) is 5.32 Å². The van der Waals surface area contributed by atoms with Gasteiger partial charge in [0, 0.05) is 13.0 Å². The first-order valence-electron chi connectivity index (χ1n) is 5.33. The first-order valence-corrected chi connectivity index (χ1v) is 5.33. The van der Waals surface area contributed by atoms with Crippen LogP contribution >= 0.6 is 12.4 Å². The zero-order chi connectivity index (χ0) is 10.7. The largest absolute Gasteiger partial charge is 0.363 e. The molecule has 90 valence electrons. The lowest BCUT2D eigenvalue weighted by Gasteiger charge is -2.28. The van der Waals surface area contributed by atoms with Gasteiger partial charge in [0.05, 0.1) is 6.61 Å². The van der Waals surface area contributed by atoms with Gasteiger partial charge in [-0.25, -0.2) is 4.39 Å². The van der Waals surface area contributed by atoms with Crippen molar-refractivity contribution < 1.29 is 9.13 Å². The standard InChI is InChI=1S/C12H16FNO.ClH/c1-9-7-14-12(15-8-9)6-10-2-4-11(13)5-3-10;/h2-5,9,12,14H,6-8H2,1H3;1H. The Morgan fingerprint density at radius 1 is 1.38 bits per heavy atom. The third kappa shape index (κ3) is 3.74. The van der Waals surface area contributed by atoms with Crippen LogP contribution in [-0.4, -0.2) is 19.4 Å². The molecule has 16 heavy (non-hydrogen) atoms. The minimum absolute atomic E-state index is 0. The maximum Gasteiger partial charge on any atom is 0.123 e. The van der Waals surface area contributed by atoms with Gasteiger partial charge in [0.15, 0.2) is 0 Å². The van der Waals surface area contributed by atoms with Crippen LogP contribution in [0.1, 0.15) is 12.5 Å². The van der Waals surface area contributed by atoms with Gasteiger partial charge in [-0.2, -0.15) is 0 Å². The van der Waals surface area contributed by atoms with Crippen molar-refractivity contribution in [3.8, 4) is 0 Å². The van der Waals surface area contributed by atoms with Crippen LogP contribution in [0.2, 0.25) is 0 Å². The van der Waals surface area contributed by atoms with Gasteiger partial charge < -0.3 is 4.74 Å². The first kappa shape index (κ1) is 13.4. The third-order valence-electron chi connectivity index (χ3n) is 2.61. The molecule has 1 N–H and O–H groups in total. The van der Waals surface area contributed by atoms with Gasteiger partial charge in [0.25, 0.3) is 0 Å². The summed E-state index contributed by atoms with van der Waals surface area (Å²) in [5.74, 6) is 0.388. The Labute approximate surface area is 102 Å². The monoisotopic (exact) mass is 245 g/mol. The van der Waals surface area contributed by atoms with Crippen LogP contribution < -0.4 is 5.32 Å². The molecule has 0 spiro atoms. The molecule has 1 fully saturated rings. The molecule has 0 amide bonds. The zero-order valence-corrected chi connectivity index (χ0v) is 10.1. The van der Waals surface area contributed by atoms with Gasteiger partial charge in [-0.15, -0.1) is 12.4 Å². The molecule has 2 rings (SSSR count). The summed E-state index contributed by atoms with van der Waals surface area (Å²) in [6.07, 6.45) is 0.874. The molecule has 1 aromatic rings. The molecular formula is C12H17ClFNO. The summed E-state index contributed by atoms with van der Waals surface area (Å²) >= 11 is 0. The summed E-state index contributed by atoms with van der Waals surface area (Å²) in [7, 11) is 0. The zero-order valence-electron chi connectivity index (χ0n) is 9.28. The average Bonchev–Trinajstić information content (AvgIpc) is 2.25. The molecule has 0 saturated carbocycles. The highest BCUT2D eigenvalue weighted by Gasteiger charge is 2.17. The fourth-order valence-corrected chi connectivity index (χ4v) is 1.70. The third-order valence-corrected chi connectivity index (χ3v) is 2.61. The maximum atomic E-state index is 12.7. The second-order valence-corrected chi connectivity index (χ2v) is 4.17. The summed E-state index contributed by atoms with van der Waals surface area (Å²) < 4.78 is 18.3. The van der Waals surface area contributed by atoms with Crippen molar-refractivity contribution in [3.05, 3.63) is 35.6 Å². The van der Waals surface area contributed by atoms with E-state index in [4.69, 9.17) is 4.74 Å². The normalized spacial score (nSPS) is 24.9. The van der Waals surface area contributed by atoms with Crippen molar-refractivity contribution in [3.63, 3.8) is 0 Å². The second-order valence-electron chi connectivity index (χ2n) is 4.17. The number of hydrogen-bond donors (Lipinski definition) is 1. The molecule has 2 atom stereocenters. The highest BCUT2D eigenvalue weighted by Crippen LogP contribution is 2.10. The lowest BCUT2D eigenvalue weighted by atomic mass is 10.1. The topological polar surface area (TPSA) is 21.3 Å². The summed E-state index contributed by atoms with van der Waals surface area (Å²) in [5, 5.41) is 3.32. The van der Waals surface area contributed by atoms with Crippen LogP contribution in [0, 0.1) is 11.7 Å². The Morgan fingerprint density at radius 2 is 2.06 bits per heavy atom. The summed E-state index contributed by atoms with van der Waals surface area (Å²) in [6.45, 7) is 3.95. The van der Waals surface area contributed by atoms with E-state index in [0.717, 1.165) is 25.1 Å². The predicted molar refractivity (Wildman–Crippen MR) is 64.3 cm³/mol. The molecule has 2 nitrogen and oxygen atoms in total. The van der Waals surface area contributed by atoms with Gasteiger partial charge in [-0.05, 0) is 23.6 Å². The van der Waals surface area contributed by atoms with Gasteiger partial charge in [0.1, 0.15) is 12.0 Å². The van der Waals surface area contributed by atoms with E-state index in [1.165, 1.54) is 12.1 Å². The van der Waals surface area contributed by atoms with Crippen LogP contribution in [0.4, 0.5) is 4.39 Å². The average molecular weight is 246 g/mol. The van der Waals surface area contributed by atoms with Crippen LogP contribution in [0.25, 0.3) is 0 Å². The summed E-state index contributed by atoms with van der Waals surface area (Å²) in [4.78, 5) is 0. The van der Waals surface area contributed by atoms with E-state index in [9.17, 15) is 4.39 Å². The van der Waals surface area contributed by atoms with Crippen molar-refractivity contribution in [1.29, 1.82) is 0 Å². The van der Waals surface area contributed by atoms with Gasteiger partial charge in [0.2, 0.25) is 0 Å². The SMILES string of the molecule is CC1CNC(Cc2ccc(F)cc2)OC1.Cl. The highest BCUT2D eigenvalue weighted by molar-refractivity contribution is 5.85. The van der Waals surface area contributed by atoms with Crippen molar-refractivity contribution in [1.82, 2.24) is 5.32 Å². The van der Waals surface area contributed by atoms with E-state index in [2.05, 4.69) is 12.2 Å². The molecule has 1 aliphatic heterocycles. The Morgan fingerprint density at radius 3 is 2.62 bits per heavy atom. The van der Waals surface area contributed by atoms with E-state index in [-0.39, 0.29) is 24.5 Å². The predicted octanol–water partition coefficient (Wildman–Crippen LogP) is 2.37. The Hall–Kier alpha value is -0.640. The molecule has 0 aromatic heterocycles. The molecule has 1 heterocycles. The van der Waals surface area contributed by atoms with E-state index in [1.807, 2.05) is 0 Å². The smallest absolute Gasteiger partial charge is 0.123 e. The van der Waals surface area contributed by atoms with Crippen LogP contribution in [0.5, 0.6) is 0 Å². The minimum atomic E-state index is -0.190. The molecule has 0 aliphatic carbocycles. The number of benzene rings is 1. The molecular weight excluding hydrogens is 229 g/mol. The molecule has 2 unspecified atom stereocenters. The van der Waals surface area contributed by atoms with Crippen molar-refractivity contribution in [2.24, 2.45) is 5.92 Å². The Kier molecular flexibility index (Phi) is 5.19. The maximum absolute atomic E-state index is 12.7. The van der Waals surface area contributed by atoms with E-state index in [1.54, 1.807) is 12.1 Å². The summed E-state index contributed by atoms with van der Waals surface area (Å²) in [5.41, 5.74) is 1.10. The highest BCUT2D eigenvalue weighted by atomic mass is 35.5. The van der Waals surface area contributed by atoms with E-state index < -0.39 is 0 Å². The van der Waals surface area contributed by atoms with Crippen LogP contribution in [0.15, 0.2) is 24.3 Å². The molecule has 4 heteroatoms. The van der Waals surface area contributed by atoms with Gasteiger partial charge >= 0.3 is 0 Å². The fraction of sp³-hybridized carbons (Fsp3) is 0.500. The lowest BCUT2D eigenvalue weighted by Crippen LogP contribution is -2.43. The quantitative estimate of drug-likeness (QED) is 0.864. The molecule has 1 saturated heterocycles. The first-order chi connectivity index (χ1) is 7.24. The Bertz CT molecular complexity index is 309. The van der Waals surface area contributed by atoms with Crippen LogP contribution in [0.3, 0.4) is 0 Å². The summed E-state index contributed by atoms with van der Waals surface area (Å²) in [6, 6.07) is 6.58. The molecule has 0 radical (unpaired) electrons. The Balaban J connectivity index is 0.00000128. The number of ether oxygens (including phenoxy) is 1. The number of rotatable bonds is 2. The minimum Gasteiger partial charge on any atom is -0.363 e. The van der Waals surface area contributed by atoms with Crippen molar-refractivity contribution in [2.75, 3.05) is 13.2 Å². The van der Waals surface area contributed by atoms with E-state index in [0.29, 0.717) is 5.92 Å². The fourth-order valence-electron chi connectivity index (χ4n) is 1.70.